The minimum atomic E-state index is -0.277. The normalized spacial score (nSPS) is 14.2. The van der Waals surface area contributed by atoms with Crippen molar-refractivity contribution < 1.29 is 9.13 Å². The van der Waals surface area contributed by atoms with Gasteiger partial charge in [0, 0.05) is 19.2 Å². The number of rotatable bonds is 10. The Labute approximate surface area is 177 Å². The van der Waals surface area contributed by atoms with Gasteiger partial charge in [0.25, 0.3) is 0 Å². The molecule has 1 saturated heterocycles. The zero-order chi connectivity index (χ0) is 21.5. The summed E-state index contributed by atoms with van der Waals surface area (Å²) in [5.41, 5.74) is 17.0. The maximum atomic E-state index is 14.6. The maximum Gasteiger partial charge on any atom is 0.320 e. The molecule has 3 rings (SSSR count). The standard InChI is InChI=1S/C21H32FN7O/c1-3-4-11-30-21-26-19(24)18(23)20(27-21)29(25-2)14-16-12-15(7-8-17(16)22)13-28-9-5-6-10-28/h7-8,12,25H,3-6,9-11,13-14,23H2,1-2H3,(H2,24,26,27). The fraction of sp³-hybridized carbons (Fsp3) is 0.524. The molecule has 1 aromatic heterocycles. The average Bonchev–Trinajstić information content (AvgIpc) is 3.24. The number of benzene rings is 1. The molecule has 2 aromatic rings. The lowest BCUT2D eigenvalue weighted by atomic mass is 10.1. The van der Waals surface area contributed by atoms with Gasteiger partial charge in [0.1, 0.15) is 11.5 Å². The summed E-state index contributed by atoms with van der Waals surface area (Å²) in [6.07, 6.45) is 4.32. The Balaban J connectivity index is 1.80. The van der Waals surface area contributed by atoms with Crippen LogP contribution < -0.4 is 26.6 Å². The highest BCUT2D eigenvalue weighted by atomic mass is 19.1. The van der Waals surface area contributed by atoms with Crippen LogP contribution in [-0.2, 0) is 13.1 Å². The van der Waals surface area contributed by atoms with E-state index in [0.29, 0.717) is 18.0 Å². The van der Waals surface area contributed by atoms with Gasteiger partial charge in [-0.05, 0) is 50.0 Å². The van der Waals surface area contributed by atoms with Gasteiger partial charge in [0.15, 0.2) is 11.6 Å². The second-order valence-electron chi connectivity index (χ2n) is 7.55. The van der Waals surface area contributed by atoms with Crippen LogP contribution in [0.15, 0.2) is 18.2 Å². The van der Waals surface area contributed by atoms with Crippen LogP contribution in [0, 0.1) is 5.82 Å². The van der Waals surface area contributed by atoms with E-state index < -0.39 is 0 Å². The molecule has 0 amide bonds. The Morgan fingerprint density at radius 3 is 2.70 bits per heavy atom. The van der Waals surface area contributed by atoms with Crippen LogP contribution in [-0.4, -0.2) is 41.6 Å². The predicted molar refractivity (Wildman–Crippen MR) is 117 cm³/mol. The highest BCUT2D eigenvalue weighted by Crippen LogP contribution is 2.28. The van der Waals surface area contributed by atoms with E-state index in [9.17, 15) is 4.39 Å². The number of nitrogens with zero attached hydrogens (tertiary/aromatic N) is 4. The molecule has 1 aliphatic heterocycles. The lowest BCUT2D eigenvalue weighted by Gasteiger charge is -2.25. The van der Waals surface area contributed by atoms with E-state index in [4.69, 9.17) is 16.2 Å². The fourth-order valence-corrected chi connectivity index (χ4v) is 3.51. The fourth-order valence-electron chi connectivity index (χ4n) is 3.51. The van der Waals surface area contributed by atoms with Crippen molar-refractivity contribution in [3.8, 4) is 6.01 Å². The third-order valence-electron chi connectivity index (χ3n) is 5.23. The van der Waals surface area contributed by atoms with E-state index >= 15 is 0 Å². The van der Waals surface area contributed by atoms with E-state index in [1.807, 2.05) is 12.1 Å². The van der Waals surface area contributed by atoms with E-state index in [-0.39, 0.29) is 29.9 Å². The number of hydrogen-bond acceptors (Lipinski definition) is 8. The zero-order valence-electron chi connectivity index (χ0n) is 17.8. The highest BCUT2D eigenvalue weighted by molar-refractivity contribution is 5.73. The second kappa shape index (κ2) is 10.4. The van der Waals surface area contributed by atoms with Gasteiger partial charge in [-0.1, -0.05) is 19.4 Å². The second-order valence-corrected chi connectivity index (χ2v) is 7.55. The van der Waals surface area contributed by atoms with E-state index in [1.54, 1.807) is 12.1 Å². The Morgan fingerprint density at radius 2 is 2.00 bits per heavy atom. The largest absolute Gasteiger partial charge is 0.463 e. The minimum absolute atomic E-state index is 0.134. The van der Waals surface area contributed by atoms with Gasteiger partial charge in [-0.25, -0.2) is 9.82 Å². The number of halogens is 1. The van der Waals surface area contributed by atoms with Crippen LogP contribution in [0.5, 0.6) is 6.01 Å². The Kier molecular flexibility index (Phi) is 7.64. The zero-order valence-corrected chi connectivity index (χ0v) is 17.8. The van der Waals surface area contributed by atoms with Gasteiger partial charge >= 0.3 is 6.01 Å². The summed E-state index contributed by atoms with van der Waals surface area (Å²) in [6, 6.07) is 5.43. The van der Waals surface area contributed by atoms with Crippen LogP contribution in [0.25, 0.3) is 0 Å². The van der Waals surface area contributed by atoms with E-state index in [1.165, 1.54) is 18.9 Å². The molecular weight excluding hydrogens is 385 g/mol. The van der Waals surface area contributed by atoms with Gasteiger partial charge in [-0.2, -0.15) is 9.97 Å². The third kappa shape index (κ3) is 5.48. The molecule has 1 aromatic carbocycles. The van der Waals surface area contributed by atoms with E-state index in [0.717, 1.165) is 38.0 Å². The number of ether oxygens (including phenoxy) is 1. The summed E-state index contributed by atoms with van der Waals surface area (Å²) in [5.74, 6) is 0.219. The van der Waals surface area contributed by atoms with Crippen molar-refractivity contribution in [3.63, 3.8) is 0 Å². The van der Waals surface area contributed by atoms with Crippen molar-refractivity contribution >= 4 is 17.3 Å². The molecule has 9 heteroatoms. The molecule has 1 fully saturated rings. The Hall–Kier alpha value is -2.65. The van der Waals surface area contributed by atoms with Gasteiger partial charge in [-0.15, -0.1) is 0 Å². The first-order chi connectivity index (χ1) is 14.5. The highest BCUT2D eigenvalue weighted by Gasteiger charge is 2.19. The molecule has 0 atom stereocenters. The van der Waals surface area contributed by atoms with Crippen molar-refractivity contribution in [2.75, 3.05) is 43.2 Å². The van der Waals surface area contributed by atoms with Crippen molar-refractivity contribution in [2.45, 2.75) is 45.7 Å². The first kappa shape index (κ1) is 22.0. The smallest absolute Gasteiger partial charge is 0.320 e. The summed E-state index contributed by atoms with van der Waals surface area (Å²) in [4.78, 5) is 10.9. The molecule has 5 N–H and O–H groups in total. The first-order valence-corrected chi connectivity index (χ1v) is 10.5. The lowest BCUT2D eigenvalue weighted by Crippen LogP contribution is -2.36. The summed E-state index contributed by atoms with van der Waals surface area (Å²) in [5, 5.41) is 1.65. The molecule has 0 aliphatic carbocycles. The summed E-state index contributed by atoms with van der Waals surface area (Å²) in [7, 11) is 1.72. The molecule has 164 valence electrons. The number of hydrogen-bond donors (Lipinski definition) is 3. The van der Waals surface area contributed by atoms with Gasteiger partial charge in [-0.3, -0.25) is 9.91 Å². The number of likely N-dealkylation sites (tertiary alicyclic amines) is 1. The third-order valence-corrected chi connectivity index (χ3v) is 5.23. The maximum absolute atomic E-state index is 14.6. The number of aromatic nitrogens is 2. The van der Waals surface area contributed by atoms with Crippen LogP contribution in [0.2, 0.25) is 0 Å². The number of nitrogens with two attached hydrogens (primary N) is 2. The molecule has 0 bridgehead atoms. The Bertz CT molecular complexity index is 842. The number of hydrazine groups is 1. The minimum Gasteiger partial charge on any atom is -0.463 e. The Morgan fingerprint density at radius 1 is 1.23 bits per heavy atom. The monoisotopic (exact) mass is 417 g/mol. The topological polar surface area (TPSA) is 106 Å². The van der Waals surface area contributed by atoms with Crippen LogP contribution in [0.1, 0.15) is 43.7 Å². The summed E-state index contributed by atoms with van der Waals surface area (Å²) < 4.78 is 20.2. The summed E-state index contributed by atoms with van der Waals surface area (Å²) >= 11 is 0. The van der Waals surface area contributed by atoms with E-state index in [2.05, 4.69) is 27.2 Å². The number of anilines is 3. The number of nitrogens with one attached hydrogen (secondary N) is 1. The SMILES string of the molecule is CCCCOc1nc(N)c(N)c(N(Cc2cc(CN3CCCC3)ccc2F)NC)n1. The van der Waals surface area contributed by atoms with Gasteiger partial charge < -0.3 is 16.2 Å². The van der Waals surface area contributed by atoms with Gasteiger partial charge in [0.05, 0.1) is 13.2 Å². The lowest BCUT2D eigenvalue weighted by molar-refractivity contribution is 0.286. The molecular formula is C21H32FN7O. The van der Waals surface area contributed by atoms with Crippen molar-refractivity contribution in [2.24, 2.45) is 0 Å². The van der Waals surface area contributed by atoms with Crippen molar-refractivity contribution in [1.29, 1.82) is 0 Å². The van der Waals surface area contributed by atoms with Crippen LogP contribution in [0.4, 0.5) is 21.7 Å². The molecule has 1 aliphatic rings. The predicted octanol–water partition coefficient (Wildman–Crippen LogP) is 2.70. The number of unbranched alkanes of at least 4 members (excludes halogenated alkanes) is 1. The summed E-state index contributed by atoms with van der Waals surface area (Å²) in [6.45, 7) is 5.80. The molecule has 0 saturated carbocycles. The molecule has 30 heavy (non-hydrogen) atoms. The molecule has 0 unspecified atom stereocenters. The average molecular weight is 418 g/mol. The van der Waals surface area contributed by atoms with Crippen LogP contribution in [0.3, 0.4) is 0 Å². The first-order valence-electron chi connectivity index (χ1n) is 10.5. The molecule has 0 radical (unpaired) electrons. The number of nitrogen functional groups attached to an aromatic ring is 2. The van der Waals surface area contributed by atoms with Crippen molar-refractivity contribution in [1.82, 2.24) is 20.3 Å². The van der Waals surface area contributed by atoms with Crippen LogP contribution >= 0.6 is 0 Å². The molecule has 8 nitrogen and oxygen atoms in total. The molecule has 2 heterocycles. The molecule has 0 spiro atoms. The van der Waals surface area contributed by atoms with Gasteiger partial charge in [0.2, 0.25) is 0 Å². The quantitative estimate of drug-likeness (QED) is 0.400. The van der Waals surface area contributed by atoms with Crippen molar-refractivity contribution in [3.05, 3.63) is 35.1 Å².